The van der Waals surface area contributed by atoms with Crippen LogP contribution in [0.1, 0.15) is 0 Å². The van der Waals surface area contributed by atoms with Gasteiger partial charge in [0.25, 0.3) is 0 Å². The number of nitrogens with two attached hydrogens (primary N) is 1. The molecule has 0 aliphatic carbocycles. The largest absolute Gasteiger partial charge is 0.398 e. The van der Waals surface area contributed by atoms with E-state index in [1.54, 1.807) is 6.07 Å². The summed E-state index contributed by atoms with van der Waals surface area (Å²) in [7, 11) is -0.452. The van der Waals surface area contributed by atoms with E-state index in [1.165, 1.54) is 26.2 Å². The number of hydrogen-bond acceptors (Lipinski definition) is 4. The second-order valence-corrected chi connectivity index (χ2v) is 5.64. The van der Waals surface area contributed by atoms with Gasteiger partial charge < -0.3 is 5.73 Å². The highest BCUT2D eigenvalue weighted by Crippen LogP contribution is 2.22. The number of hydrogen-bond donors (Lipinski definition) is 2. The van der Waals surface area contributed by atoms with E-state index in [2.05, 4.69) is 12.6 Å². The maximum atomic E-state index is 11.6. The molecule has 0 aliphatic heterocycles. The first-order valence-electron chi connectivity index (χ1n) is 3.86. The number of thiol groups is 1. The molecular weight excluding hydrogens is 220 g/mol. The number of nitrogens with zero attached hydrogens (tertiary/aromatic N) is 1. The van der Waals surface area contributed by atoms with Crippen LogP contribution in [0.2, 0.25) is 0 Å². The third-order valence-corrected chi connectivity index (χ3v) is 4.00. The Labute approximate surface area is 89.2 Å². The summed E-state index contributed by atoms with van der Waals surface area (Å²) in [4.78, 5) is 0.750. The molecule has 0 atom stereocenters. The Kier molecular flexibility index (Phi) is 3.08. The first kappa shape index (κ1) is 11.4. The van der Waals surface area contributed by atoms with Crippen LogP contribution in [0.4, 0.5) is 5.69 Å². The van der Waals surface area contributed by atoms with Crippen molar-refractivity contribution in [3.05, 3.63) is 18.2 Å². The standard InChI is InChI=1S/C8H12N2O2S2/c1-10(2)14(11,12)6-3-4-8(13)7(9)5-6/h3-5,13H,9H2,1-2H3. The lowest BCUT2D eigenvalue weighted by atomic mass is 10.3. The highest BCUT2D eigenvalue weighted by Gasteiger charge is 2.17. The Balaban J connectivity index is 3.29. The molecular formula is C8H12N2O2S2. The minimum absolute atomic E-state index is 0.179. The third kappa shape index (κ3) is 2.02. The average Bonchev–Trinajstić information content (AvgIpc) is 2.09. The van der Waals surface area contributed by atoms with Crippen LogP contribution >= 0.6 is 12.6 Å². The first-order valence-corrected chi connectivity index (χ1v) is 5.75. The van der Waals surface area contributed by atoms with E-state index in [9.17, 15) is 8.42 Å². The third-order valence-electron chi connectivity index (χ3n) is 1.78. The van der Waals surface area contributed by atoms with Crippen molar-refractivity contribution in [1.82, 2.24) is 4.31 Å². The molecule has 0 unspecified atom stereocenters. The molecule has 0 saturated heterocycles. The summed E-state index contributed by atoms with van der Waals surface area (Å²) >= 11 is 4.06. The fraction of sp³-hybridized carbons (Fsp3) is 0.250. The lowest BCUT2D eigenvalue weighted by molar-refractivity contribution is 0.520. The van der Waals surface area contributed by atoms with Gasteiger partial charge in [-0.3, -0.25) is 0 Å². The summed E-state index contributed by atoms with van der Waals surface area (Å²) in [5.74, 6) is 0. The molecule has 1 aromatic carbocycles. The van der Waals surface area contributed by atoms with Gasteiger partial charge in [-0.25, -0.2) is 12.7 Å². The molecule has 6 heteroatoms. The highest BCUT2D eigenvalue weighted by atomic mass is 32.2. The maximum Gasteiger partial charge on any atom is 0.242 e. The Morgan fingerprint density at radius 3 is 2.36 bits per heavy atom. The molecule has 1 aromatic rings. The molecule has 0 aromatic heterocycles. The second-order valence-electron chi connectivity index (χ2n) is 3.01. The summed E-state index contributed by atoms with van der Waals surface area (Å²) in [5, 5.41) is 0. The Hall–Kier alpha value is -0.720. The van der Waals surface area contributed by atoms with Crippen molar-refractivity contribution in [2.45, 2.75) is 9.79 Å². The predicted molar refractivity (Wildman–Crippen MR) is 59.0 cm³/mol. The van der Waals surface area contributed by atoms with Gasteiger partial charge >= 0.3 is 0 Å². The van der Waals surface area contributed by atoms with E-state index in [0.717, 1.165) is 4.31 Å². The lowest BCUT2D eigenvalue weighted by Gasteiger charge is -2.11. The smallest absolute Gasteiger partial charge is 0.242 e. The first-order chi connectivity index (χ1) is 6.35. The molecule has 4 nitrogen and oxygen atoms in total. The van der Waals surface area contributed by atoms with Crippen LogP contribution in [0.3, 0.4) is 0 Å². The summed E-state index contributed by atoms with van der Waals surface area (Å²) < 4.78 is 24.4. The number of rotatable bonds is 2. The SMILES string of the molecule is CN(C)S(=O)(=O)c1ccc(S)c(N)c1. The normalized spacial score (nSPS) is 12.0. The predicted octanol–water partition coefficient (Wildman–Crippen LogP) is 0.808. The molecule has 0 amide bonds. The van der Waals surface area contributed by atoms with Crippen LogP contribution in [-0.2, 0) is 10.0 Å². The second kappa shape index (κ2) is 3.80. The van der Waals surface area contributed by atoms with E-state index >= 15 is 0 Å². The number of anilines is 1. The minimum atomic E-state index is -3.40. The number of benzene rings is 1. The van der Waals surface area contributed by atoms with E-state index in [1.807, 2.05) is 0 Å². The Bertz CT molecular complexity index is 441. The van der Waals surface area contributed by atoms with Gasteiger partial charge in [0.15, 0.2) is 0 Å². The van der Waals surface area contributed by atoms with Crippen LogP contribution in [0.25, 0.3) is 0 Å². The summed E-state index contributed by atoms with van der Waals surface area (Å²) in [5.41, 5.74) is 5.92. The quantitative estimate of drug-likeness (QED) is 0.586. The summed E-state index contributed by atoms with van der Waals surface area (Å²) in [6.45, 7) is 0. The molecule has 2 N–H and O–H groups in total. The van der Waals surface area contributed by atoms with Crippen LogP contribution in [0, 0.1) is 0 Å². The van der Waals surface area contributed by atoms with Crippen LogP contribution < -0.4 is 5.73 Å². The number of nitrogen functional groups attached to an aromatic ring is 1. The molecule has 78 valence electrons. The number of sulfonamides is 1. The van der Waals surface area contributed by atoms with Crippen molar-refractivity contribution in [3.63, 3.8) is 0 Å². The van der Waals surface area contributed by atoms with Crippen LogP contribution in [0.5, 0.6) is 0 Å². The Morgan fingerprint density at radius 2 is 1.93 bits per heavy atom. The van der Waals surface area contributed by atoms with Crippen molar-refractivity contribution >= 4 is 28.3 Å². The van der Waals surface area contributed by atoms with E-state index in [0.29, 0.717) is 10.6 Å². The van der Waals surface area contributed by atoms with Gasteiger partial charge in [-0.2, -0.15) is 0 Å². The molecule has 0 radical (unpaired) electrons. The summed E-state index contributed by atoms with van der Waals surface area (Å²) in [6.07, 6.45) is 0. The molecule has 0 aliphatic rings. The fourth-order valence-corrected chi connectivity index (χ4v) is 1.98. The summed E-state index contributed by atoms with van der Waals surface area (Å²) in [6, 6.07) is 4.44. The monoisotopic (exact) mass is 232 g/mol. The fourth-order valence-electron chi connectivity index (χ4n) is 0.904. The molecule has 0 saturated carbocycles. The van der Waals surface area contributed by atoms with Crippen LogP contribution in [0.15, 0.2) is 28.0 Å². The zero-order valence-corrected chi connectivity index (χ0v) is 9.64. The molecule has 0 fully saturated rings. The molecule has 0 heterocycles. The van der Waals surface area contributed by atoms with Crippen molar-refractivity contribution < 1.29 is 8.42 Å². The molecule has 0 spiro atoms. The van der Waals surface area contributed by atoms with Crippen molar-refractivity contribution in [2.24, 2.45) is 0 Å². The van der Waals surface area contributed by atoms with Gasteiger partial charge in [-0.1, -0.05) is 0 Å². The highest BCUT2D eigenvalue weighted by molar-refractivity contribution is 7.89. The molecule has 0 bridgehead atoms. The topological polar surface area (TPSA) is 63.4 Å². The van der Waals surface area contributed by atoms with Crippen LogP contribution in [-0.4, -0.2) is 26.8 Å². The van der Waals surface area contributed by atoms with Crippen molar-refractivity contribution in [3.8, 4) is 0 Å². The van der Waals surface area contributed by atoms with Crippen molar-refractivity contribution in [2.75, 3.05) is 19.8 Å². The van der Waals surface area contributed by atoms with Crippen molar-refractivity contribution in [1.29, 1.82) is 0 Å². The van der Waals surface area contributed by atoms with E-state index < -0.39 is 10.0 Å². The Morgan fingerprint density at radius 1 is 1.36 bits per heavy atom. The van der Waals surface area contributed by atoms with Gasteiger partial charge in [0.1, 0.15) is 0 Å². The minimum Gasteiger partial charge on any atom is -0.398 e. The van der Waals surface area contributed by atoms with Gasteiger partial charge in [0.2, 0.25) is 10.0 Å². The van der Waals surface area contributed by atoms with Gasteiger partial charge in [0.05, 0.1) is 4.90 Å². The molecule has 1 rings (SSSR count). The molecule has 14 heavy (non-hydrogen) atoms. The zero-order chi connectivity index (χ0) is 10.9. The van der Waals surface area contributed by atoms with E-state index in [-0.39, 0.29) is 4.90 Å². The maximum absolute atomic E-state index is 11.6. The lowest BCUT2D eigenvalue weighted by Crippen LogP contribution is -2.22. The zero-order valence-electron chi connectivity index (χ0n) is 7.93. The average molecular weight is 232 g/mol. The van der Waals surface area contributed by atoms with Gasteiger partial charge in [0, 0.05) is 24.7 Å². The van der Waals surface area contributed by atoms with Gasteiger partial charge in [-0.05, 0) is 18.2 Å². The van der Waals surface area contributed by atoms with Gasteiger partial charge in [-0.15, -0.1) is 12.6 Å². The van der Waals surface area contributed by atoms with E-state index in [4.69, 9.17) is 5.73 Å².